The molecule has 6 rings (SSSR count). The van der Waals surface area contributed by atoms with Crippen molar-refractivity contribution in [3.63, 3.8) is 0 Å². The number of nitrogens with one attached hydrogen (secondary N) is 3. The zero-order valence-corrected chi connectivity index (χ0v) is 26.7. The molecule has 2 fully saturated rings. The average molecular weight is 660 g/mol. The monoisotopic (exact) mass is 659 g/mol. The van der Waals surface area contributed by atoms with E-state index in [1.165, 1.54) is 0 Å². The van der Waals surface area contributed by atoms with Crippen LogP contribution in [0.15, 0.2) is 30.3 Å². The summed E-state index contributed by atoms with van der Waals surface area (Å²) in [5, 5.41) is 9.59. The van der Waals surface area contributed by atoms with Crippen LogP contribution in [0, 0.1) is 17.6 Å². The third-order valence-corrected chi connectivity index (χ3v) is 9.98. The van der Waals surface area contributed by atoms with E-state index in [-0.39, 0.29) is 61.2 Å². The number of halogens is 3. The third-order valence-electron chi connectivity index (χ3n) is 9.75. The number of amides is 3. The second-order valence-electron chi connectivity index (χ2n) is 12.5. The number of anilines is 1. The average Bonchev–Trinajstić information content (AvgIpc) is 3.39. The molecule has 2 aromatic rings. The number of fused-ring (bicyclic) bond motifs is 4. The molecule has 0 aliphatic carbocycles. The van der Waals surface area contributed by atoms with Crippen molar-refractivity contribution in [2.24, 2.45) is 5.92 Å². The predicted octanol–water partition coefficient (Wildman–Crippen LogP) is 3.11. The molecule has 0 spiro atoms. The first-order chi connectivity index (χ1) is 22.2. The Morgan fingerprint density at radius 1 is 1.07 bits per heavy atom. The fraction of sp³-hybridized carbons (Fsp3) is 0.545. The summed E-state index contributed by atoms with van der Waals surface area (Å²) < 4.78 is 40.0. The van der Waals surface area contributed by atoms with Gasteiger partial charge in [-0.3, -0.25) is 14.4 Å². The van der Waals surface area contributed by atoms with Gasteiger partial charge < -0.3 is 35.2 Å². The van der Waals surface area contributed by atoms with Crippen LogP contribution in [-0.2, 0) is 25.5 Å². The molecule has 248 valence electrons. The van der Waals surface area contributed by atoms with E-state index in [1.807, 2.05) is 19.1 Å². The summed E-state index contributed by atoms with van der Waals surface area (Å²) >= 11 is 6.31. The Labute approximate surface area is 272 Å². The number of ether oxygens (including phenoxy) is 2. The standard InChI is InChI=1S/C33H40ClF2N5O5/c1-3-24(37-2)31(42)39-30(18-6-9-45-10-7-18)33(44)41-16-22-13-19-12-20(34)4-5-26(19)40(22)17-27(41)32(43)38-25-8-11-46-28-15-21(35)14-23(36)29(25)28/h4-5,12,14-15,18,22,24-25,27,30,37H,3,6-11,13,16-17H2,1-2H3,(H,38,43)(H,39,42)/t22-,24-,25+,27-,30-/m0/s1. The van der Waals surface area contributed by atoms with Crippen molar-refractivity contribution in [3.05, 3.63) is 58.1 Å². The highest BCUT2D eigenvalue weighted by atomic mass is 35.5. The Hall–Kier alpha value is -3.48. The van der Waals surface area contributed by atoms with Gasteiger partial charge in [0.15, 0.2) is 0 Å². The number of benzene rings is 2. The minimum absolute atomic E-state index is 0.0494. The van der Waals surface area contributed by atoms with Crippen LogP contribution in [-0.4, -0.2) is 86.7 Å². The van der Waals surface area contributed by atoms with Crippen molar-refractivity contribution in [1.29, 1.82) is 0 Å². The summed E-state index contributed by atoms with van der Waals surface area (Å²) in [7, 11) is 1.70. The molecule has 4 heterocycles. The zero-order chi connectivity index (χ0) is 32.5. The molecule has 2 aromatic carbocycles. The lowest BCUT2D eigenvalue weighted by molar-refractivity contribution is -0.147. The van der Waals surface area contributed by atoms with Gasteiger partial charge in [0, 0.05) is 55.6 Å². The van der Waals surface area contributed by atoms with Gasteiger partial charge in [-0.2, -0.15) is 0 Å². The maximum atomic E-state index is 15.0. The number of carbonyl (C=O) groups excluding carboxylic acids is 3. The quantitative estimate of drug-likeness (QED) is 0.400. The molecule has 0 radical (unpaired) electrons. The Balaban J connectivity index is 1.32. The van der Waals surface area contributed by atoms with E-state index in [9.17, 15) is 18.8 Å². The molecular formula is C33H40ClF2N5O5. The fourth-order valence-corrected chi connectivity index (χ4v) is 7.52. The van der Waals surface area contributed by atoms with Crippen molar-refractivity contribution < 1.29 is 32.6 Å². The molecule has 5 atom stereocenters. The van der Waals surface area contributed by atoms with Crippen LogP contribution in [0.5, 0.6) is 5.75 Å². The first-order valence-corrected chi connectivity index (χ1v) is 16.4. The van der Waals surface area contributed by atoms with E-state index in [0.29, 0.717) is 43.9 Å². The van der Waals surface area contributed by atoms with Crippen LogP contribution in [0.25, 0.3) is 0 Å². The van der Waals surface area contributed by atoms with Gasteiger partial charge in [-0.15, -0.1) is 0 Å². The molecule has 0 bridgehead atoms. The molecule has 3 N–H and O–H groups in total. The zero-order valence-electron chi connectivity index (χ0n) is 26.0. The lowest BCUT2D eigenvalue weighted by Gasteiger charge is -2.46. The van der Waals surface area contributed by atoms with Gasteiger partial charge in [-0.25, -0.2) is 8.78 Å². The molecule has 4 aliphatic heterocycles. The summed E-state index contributed by atoms with van der Waals surface area (Å²) in [4.78, 5) is 45.9. The third kappa shape index (κ3) is 6.39. The minimum Gasteiger partial charge on any atom is -0.493 e. The molecule has 13 heteroatoms. The molecule has 4 aliphatic rings. The van der Waals surface area contributed by atoms with Crippen molar-refractivity contribution in [2.75, 3.05) is 44.9 Å². The van der Waals surface area contributed by atoms with E-state index >= 15 is 4.39 Å². The van der Waals surface area contributed by atoms with Crippen LogP contribution >= 0.6 is 11.6 Å². The second-order valence-corrected chi connectivity index (χ2v) is 12.9. The van der Waals surface area contributed by atoms with Gasteiger partial charge in [0.25, 0.3) is 0 Å². The number of nitrogens with zero attached hydrogens (tertiary/aromatic N) is 2. The topological polar surface area (TPSA) is 112 Å². The SMILES string of the molecule is CC[C@H](NC)C(=O)N[C@H](C(=O)N1C[C@@H]2Cc3cc(Cl)ccc3N2C[C@H]1C(=O)N[C@@H]1CCOc2cc(F)cc(F)c21)C1CCOCC1. The van der Waals surface area contributed by atoms with E-state index in [2.05, 4.69) is 20.9 Å². The number of hydrogen-bond donors (Lipinski definition) is 3. The van der Waals surface area contributed by atoms with Gasteiger partial charge in [0.1, 0.15) is 29.5 Å². The van der Waals surface area contributed by atoms with Crippen molar-refractivity contribution in [2.45, 2.75) is 69.2 Å². The fourth-order valence-electron chi connectivity index (χ4n) is 7.32. The number of carbonyl (C=O) groups is 3. The maximum Gasteiger partial charge on any atom is 0.246 e. The Bertz CT molecular complexity index is 1490. The largest absolute Gasteiger partial charge is 0.493 e. The predicted molar refractivity (Wildman–Crippen MR) is 168 cm³/mol. The lowest BCUT2D eigenvalue weighted by atomic mass is 9.89. The molecule has 2 saturated heterocycles. The number of rotatable bonds is 8. The minimum atomic E-state index is -0.953. The summed E-state index contributed by atoms with van der Waals surface area (Å²) in [6.07, 6.45) is 2.64. The molecular weight excluding hydrogens is 620 g/mol. The molecule has 46 heavy (non-hydrogen) atoms. The van der Waals surface area contributed by atoms with E-state index in [0.717, 1.165) is 23.4 Å². The van der Waals surface area contributed by atoms with Gasteiger partial charge in [-0.05, 0) is 62.4 Å². The number of likely N-dealkylation sites (N-methyl/N-ethyl adjacent to an activating group) is 1. The highest BCUT2D eigenvalue weighted by Gasteiger charge is 2.47. The van der Waals surface area contributed by atoms with Crippen LogP contribution < -0.4 is 25.6 Å². The van der Waals surface area contributed by atoms with Crippen LogP contribution in [0.4, 0.5) is 14.5 Å². The number of hydrogen-bond acceptors (Lipinski definition) is 7. The molecule has 0 saturated carbocycles. The van der Waals surface area contributed by atoms with Gasteiger partial charge in [0.2, 0.25) is 17.7 Å². The highest BCUT2D eigenvalue weighted by Crippen LogP contribution is 2.39. The van der Waals surface area contributed by atoms with Gasteiger partial charge in [0.05, 0.1) is 30.3 Å². The number of piperazine rings is 1. The smallest absolute Gasteiger partial charge is 0.246 e. The first-order valence-electron chi connectivity index (χ1n) is 16.0. The van der Waals surface area contributed by atoms with Crippen LogP contribution in [0.2, 0.25) is 5.02 Å². The Morgan fingerprint density at radius 2 is 1.85 bits per heavy atom. The molecule has 0 unspecified atom stereocenters. The normalized spacial score (nSPS) is 23.8. The van der Waals surface area contributed by atoms with Gasteiger partial charge >= 0.3 is 0 Å². The van der Waals surface area contributed by atoms with E-state index in [4.69, 9.17) is 21.1 Å². The summed E-state index contributed by atoms with van der Waals surface area (Å²) in [6, 6.07) is 4.36. The molecule has 3 amide bonds. The second kappa shape index (κ2) is 13.7. The lowest BCUT2D eigenvalue weighted by Crippen LogP contribution is -2.67. The first kappa shape index (κ1) is 32.5. The van der Waals surface area contributed by atoms with Crippen molar-refractivity contribution >= 4 is 35.0 Å². The summed E-state index contributed by atoms with van der Waals surface area (Å²) in [5.74, 6) is -2.77. The summed E-state index contributed by atoms with van der Waals surface area (Å²) in [5.41, 5.74) is 2.06. The van der Waals surface area contributed by atoms with E-state index in [1.54, 1.807) is 18.0 Å². The van der Waals surface area contributed by atoms with Crippen molar-refractivity contribution in [3.8, 4) is 5.75 Å². The Kier molecular flexibility index (Phi) is 9.67. The summed E-state index contributed by atoms with van der Waals surface area (Å²) in [6.45, 7) is 3.44. The van der Waals surface area contributed by atoms with Crippen LogP contribution in [0.3, 0.4) is 0 Å². The Morgan fingerprint density at radius 3 is 2.59 bits per heavy atom. The highest BCUT2D eigenvalue weighted by molar-refractivity contribution is 6.30. The van der Waals surface area contributed by atoms with E-state index < -0.39 is 41.7 Å². The van der Waals surface area contributed by atoms with Gasteiger partial charge in [-0.1, -0.05) is 18.5 Å². The van der Waals surface area contributed by atoms with Crippen LogP contribution in [0.1, 0.15) is 49.8 Å². The maximum absolute atomic E-state index is 15.0. The van der Waals surface area contributed by atoms with Crippen molar-refractivity contribution in [1.82, 2.24) is 20.9 Å². The molecule has 10 nitrogen and oxygen atoms in total. The molecule has 0 aromatic heterocycles.